The van der Waals surface area contributed by atoms with E-state index in [1.165, 1.54) is 0 Å². The maximum Gasteiger partial charge on any atom is 0.411 e. The lowest BCUT2D eigenvalue weighted by Gasteiger charge is -2.31. The van der Waals surface area contributed by atoms with Gasteiger partial charge in [-0.25, -0.2) is 14.3 Å². The minimum atomic E-state index is -0.475. The first kappa shape index (κ1) is 17.5. The van der Waals surface area contributed by atoms with Crippen molar-refractivity contribution in [3.63, 3.8) is 0 Å². The van der Waals surface area contributed by atoms with Gasteiger partial charge in [0.25, 0.3) is 0 Å². The molecular weight excluding hydrogens is 304 g/mol. The van der Waals surface area contributed by atoms with Crippen LogP contribution in [0.25, 0.3) is 5.65 Å². The molecule has 0 saturated carbocycles. The Morgan fingerprint density at radius 2 is 2.17 bits per heavy atom. The van der Waals surface area contributed by atoms with Gasteiger partial charge in [0, 0.05) is 25.0 Å². The topological polar surface area (TPSA) is 59.7 Å². The Morgan fingerprint density at radius 1 is 1.38 bits per heavy atom. The molecule has 0 aromatic carbocycles. The maximum atomic E-state index is 11.8. The number of hydrogen-bond acceptors (Lipinski definition) is 4. The van der Waals surface area contributed by atoms with Crippen molar-refractivity contribution in [3.05, 3.63) is 42.9 Å². The summed E-state index contributed by atoms with van der Waals surface area (Å²) < 4.78 is 6.99. The Morgan fingerprint density at radius 3 is 2.83 bits per heavy atom. The van der Waals surface area contributed by atoms with Gasteiger partial charge in [-0.05, 0) is 33.3 Å². The van der Waals surface area contributed by atoms with E-state index < -0.39 is 5.60 Å². The molecule has 2 aromatic heterocycles. The van der Waals surface area contributed by atoms with E-state index in [-0.39, 0.29) is 12.1 Å². The van der Waals surface area contributed by atoms with Crippen LogP contribution in [0.1, 0.15) is 27.2 Å². The number of rotatable bonds is 0. The molecule has 0 aliphatic carbocycles. The molecule has 1 atom stereocenters. The number of nitrogens with zero attached hydrogens (tertiary/aromatic N) is 4. The van der Waals surface area contributed by atoms with Gasteiger partial charge in [-0.3, -0.25) is 4.90 Å². The second-order valence-electron chi connectivity index (χ2n) is 6.28. The normalized spacial score (nSPS) is 16.9. The van der Waals surface area contributed by atoms with Crippen molar-refractivity contribution in [1.29, 1.82) is 0 Å². The molecule has 6 heteroatoms. The van der Waals surface area contributed by atoms with Gasteiger partial charge in [0.15, 0.2) is 5.65 Å². The third-order valence-electron chi connectivity index (χ3n) is 3.19. The van der Waals surface area contributed by atoms with Crippen LogP contribution in [-0.4, -0.2) is 43.8 Å². The number of aromatic nitrogens is 3. The molecule has 2 aromatic rings. The highest BCUT2D eigenvalue weighted by Gasteiger charge is 2.27. The second kappa shape index (κ2) is 7.64. The molecule has 24 heavy (non-hydrogen) atoms. The summed E-state index contributed by atoms with van der Waals surface area (Å²) in [4.78, 5) is 17.4. The number of carbonyl (C=O) groups is 1. The molecule has 0 spiro atoms. The number of hydrogen-bond donors (Lipinski definition) is 0. The summed E-state index contributed by atoms with van der Waals surface area (Å²) in [6, 6.07) is 3.53. The van der Waals surface area contributed by atoms with Gasteiger partial charge in [-0.15, -0.1) is 6.42 Å². The van der Waals surface area contributed by atoms with Crippen molar-refractivity contribution in [2.75, 3.05) is 6.54 Å². The van der Waals surface area contributed by atoms with E-state index in [0.29, 0.717) is 13.0 Å². The number of fused-ring (bicyclic) bond motifs is 1. The first-order valence-corrected chi connectivity index (χ1v) is 7.76. The highest BCUT2D eigenvalue weighted by atomic mass is 16.6. The molecule has 3 heterocycles. The molecule has 0 N–H and O–H groups in total. The van der Waals surface area contributed by atoms with Gasteiger partial charge in [-0.1, -0.05) is 18.1 Å². The molecule has 126 valence electrons. The second-order valence-corrected chi connectivity index (χ2v) is 6.28. The van der Waals surface area contributed by atoms with E-state index in [2.05, 4.69) is 16.0 Å². The Hall–Kier alpha value is -2.81. The molecular formula is C18H22N4O2. The van der Waals surface area contributed by atoms with Gasteiger partial charge in [0.05, 0.1) is 12.2 Å². The summed E-state index contributed by atoms with van der Waals surface area (Å²) in [7, 11) is 0. The Bertz CT molecular complexity index is 722. The van der Waals surface area contributed by atoms with Crippen LogP contribution < -0.4 is 0 Å². The monoisotopic (exact) mass is 326 g/mol. The van der Waals surface area contributed by atoms with Crippen LogP contribution in [0.5, 0.6) is 0 Å². The fourth-order valence-corrected chi connectivity index (χ4v) is 2.11. The molecule has 0 fully saturated rings. The SMILES string of the molecule is C#CC1CC=CCN1C(=O)OC(C)(C)C.c1cnc2ccnn2c1. The summed E-state index contributed by atoms with van der Waals surface area (Å²) in [5.74, 6) is 2.59. The molecule has 1 unspecified atom stereocenters. The van der Waals surface area contributed by atoms with E-state index in [1.807, 2.05) is 51.3 Å². The molecule has 6 nitrogen and oxygen atoms in total. The van der Waals surface area contributed by atoms with Crippen molar-refractivity contribution in [2.24, 2.45) is 0 Å². The summed E-state index contributed by atoms with van der Waals surface area (Å²) in [6.45, 7) is 6.06. The van der Waals surface area contributed by atoms with Crippen LogP contribution in [0.2, 0.25) is 0 Å². The molecule has 1 amide bonds. The average Bonchev–Trinajstić information content (AvgIpc) is 3.02. The first-order chi connectivity index (χ1) is 11.4. The van der Waals surface area contributed by atoms with Crippen LogP contribution >= 0.6 is 0 Å². The quantitative estimate of drug-likeness (QED) is 0.552. The standard InChI is InChI=1S/C12H17NO2.C6H5N3/c1-5-10-8-6-7-9-13(10)11(14)15-12(2,3)4;1-3-7-6-2-4-8-9(6)5-1/h1,6-7,10H,8-9H2,2-4H3;1-5H. The number of terminal acetylenes is 1. The van der Waals surface area contributed by atoms with E-state index in [1.54, 1.807) is 21.8 Å². The highest BCUT2D eigenvalue weighted by molar-refractivity contribution is 5.69. The fraction of sp³-hybridized carbons (Fsp3) is 0.389. The van der Waals surface area contributed by atoms with Crippen molar-refractivity contribution in [1.82, 2.24) is 19.5 Å². The first-order valence-electron chi connectivity index (χ1n) is 7.76. The van der Waals surface area contributed by atoms with E-state index in [4.69, 9.17) is 11.2 Å². The third-order valence-corrected chi connectivity index (χ3v) is 3.19. The van der Waals surface area contributed by atoms with Crippen LogP contribution in [-0.2, 0) is 4.74 Å². The molecule has 0 saturated heterocycles. The third kappa shape index (κ3) is 4.85. The molecule has 3 rings (SSSR count). The van der Waals surface area contributed by atoms with E-state index in [9.17, 15) is 4.79 Å². The average molecular weight is 326 g/mol. The molecule has 1 aliphatic heterocycles. The predicted octanol–water partition coefficient (Wildman–Crippen LogP) is 2.91. The summed E-state index contributed by atoms with van der Waals surface area (Å²) >= 11 is 0. The van der Waals surface area contributed by atoms with Crippen LogP contribution in [0.3, 0.4) is 0 Å². The van der Waals surface area contributed by atoms with Gasteiger partial charge in [0.2, 0.25) is 0 Å². The smallest absolute Gasteiger partial charge is 0.411 e. The van der Waals surface area contributed by atoms with Gasteiger partial charge in [0.1, 0.15) is 5.60 Å². The largest absolute Gasteiger partial charge is 0.444 e. The van der Waals surface area contributed by atoms with Gasteiger partial charge < -0.3 is 4.74 Å². The lowest BCUT2D eigenvalue weighted by Crippen LogP contribution is -2.44. The number of amides is 1. The number of ether oxygens (including phenoxy) is 1. The maximum absolute atomic E-state index is 11.8. The number of carbonyl (C=O) groups excluding carboxylic acids is 1. The Balaban J connectivity index is 0.000000194. The zero-order valence-electron chi connectivity index (χ0n) is 14.2. The molecule has 0 radical (unpaired) electrons. The zero-order chi connectivity index (χ0) is 17.6. The van der Waals surface area contributed by atoms with Crippen molar-refractivity contribution >= 4 is 11.7 Å². The Kier molecular flexibility index (Phi) is 5.59. The minimum absolute atomic E-state index is 0.176. The highest BCUT2D eigenvalue weighted by Crippen LogP contribution is 2.16. The van der Waals surface area contributed by atoms with Gasteiger partial charge >= 0.3 is 6.09 Å². The predicted molar refractivity (Wildman–Crippen MR) is 92.3 cm³/mol. The lowest BCUT2D eigenvalue weighted by atomic mass is 10.1. The summed E-state index contributed by atoms with van der Waals surface area (Å²) in [6.07, 6.45) is 15.0. The summed E-state index contributed by atoms with van der Waals surface area (Å²) in [5.41, 5.74) is 0.412. The zero-order valence-corrected chi connectivity index (χ0v) is 14.2. The van der Waals surface area contributed by atoms with E-state index >= 15 is 0 Å². The van der Waals surface area contributed by atoms with Crippen molar-refractivity contribution in [3.8, 4) is 12.3 Å². The van der Waals surface area contributed by atoms with Crippen LogP contribution in [0.15, 0.2) is 42.9 Å². The van der Waals surface area contributed by atoms with E-state index in [0.717, 1.165) is 5.65 Å². The molecule has 1 aliphatic rings. The fourth-order valence-electron chi connectivity index (χ4n) is 2.11. The van der Waals surface area contributed by atoms with Gasteiger partial charge in [-0.2, -0.15) is 5.10 Å². The van der Waals surface area contributed by atoms with Crippen LogP contribution in [0, 0.1) is 12.3 Å². The minimum Gasteiger partial charge on any atom is -0.444 e. The van der Waals surface area contributed by atoms with Crippen molar-refractivity contribution in [2.45, 2.75) is 38.8 Å². The Labute approximate surface area is 142 Å². The van der Waals surface area contributed by atoms with Crippen molar-refractivity contribution < 1.29 is 9.53 Å². The summed E-state index contributed by atoms with van der Waals surface area (Å²) in [5, 5.41) is 3.97. The van der Waals surface area contributed by atoms with Crippen LogP contribution in [0.4, 0.5) is 4.79 Å². The molecule has 0 bridgehead atoms. The lowest BCUT2D eigenvalue weighted by molar-refractivity contribution is 0.0224.